The lowest BCUT2D eigenvalue weighted by atomic mass is 9.57. The molecule has 0 aromatic heterocycles. The largest absolute Gasteiger partial charge is 0.377 e. The van der Waals surface area contributed by atoms with Crippen molar-refractivity contribution in [2.24, 2.45) is 11.3 Å². The number of carbonyl (C=O) groups is 2. The van der Waals surface area contributed by atoms with Crippen molar-refractivity contribution < 1.29 is 14.3 Å². The fraction of sp³-hybridized carbons (Fsp3) is 0.882. The molecular formula is C17H29N3O3. The molecule has 0 unspecified atom stereocenters. The van der Waals surface area contributed by atoms with Gasteiger partial charge in [-0.2, -0.15) is 0 Å². The van der Waals surface area contributed by atoms with Crippen LogP contribution in [-0.4, -0.2) is 61.6 Å². The van der Waals surface area contributed by atoms with Gasteiger partial charge in [0.2, 0.25) is 11.8 Å². The Morgan fingerprint density at radius 2 is 2.17 bits per heavy atom. The van der Waals surface area contributed by atoms with Gasteiger partial charge in [0.15, 0.2) is 0 Å². The first-order valence-corrected chi connectivity index (χ1v) is 8.80. The lowest BCUT2D eigenvalue weighted by Crippen LogP contribution is -2.67. The van der Waals surface area contributed by atoms with Crippen molar-refractivity contribution in [3.63, 3.8) is 0 Å². The lowest BCUT2D eigenvalue weighted by molar-refractivity contribution is -0.154. The van der Waals surface area contributed by atoms with Crippen molar-refractivity contribution in [1.82, 2.24) is 15.5 Å². The second-order valence-corrected chi connectivity index (χ2v) is 7.83. The number of ether oxygens (including phenoxy) is 1. The van der Waals surface area contributed by atoms with Crippen molar-refractivity contribution in [2.45, 2.75) is 57.7 Å². The van der Waals surface area contributed by atoms with E-state index in [0.29, 0.717) is 31.2 Å². The minimum absolute atomic E-state index is 0.0493. The van der Waals surface area contributed by atoms with Crippen LogP contribution in [0.15, 0.2) is 0 Å². The van der Waals surface area contributed by atoms with Crippen LogP contribution >= 0.6 is 0 Å². The summed E-state index contributed by atoms with van der Waals surface area (Å²) < 4.78 is 5.82. The number of likely N-dealkylation sites (N-methyl/N-ethyl adjacent to an activating group) is 1. The zero-order valence-electron chi connectivity index (χ0n) is 14.4. The Kier molecular flexibility index (Phi) is 4.65. The Bertz CT molecular complexity index is 480. The molecule has 6 heteroatoms. The highest BCUT2D eigenvalue weighted by molar-refractivity contribution is 5.88. The number of nitrogens with one attached hydrogen (secondary N) is 2. The Hall–Kier alpha value is -1.14. The summed E-state index contributed by atoms with van der Waals surface area (Å²) in [6.45, 7) is 6.32. The molecule has 2 aliphatic heterocycles. The van der Waals surface area contributed by atoms with Crippen LogP contribution in [-0.2, 0) is 14.3 Å². The molecule has 0 bridgehead atoms. The molecule has 6 nitrogen and oxygen atoms in total. The minimum atomic E-state index is -0.379. The maximum Gasteiger partial charge on any atom is 0.242 e. The summed E-state index contributed by atoms with van der Waals surface area (Å²) in [7, 11) is 2.01. The van der Waals surface area contributed by atoms with E-state index in [1.807, 2.05) is 7.05 Å². The van der Waals surface area contributed by atoms with Gasteiger partial charge in [-0.1, -0.05) is 13.8 Å². The molecule has 3 aliphatic rings. The van der Waals surface area contributed by atoms with E-state index in [9.17, 15) is 9.59 Å². The van der Waals surface area contributed by atoms with Crippen LogP contribution < -0.4 is 10.6 Å². The topological polar surface area (TPSA) is 70.7 Å². The van der Waals surface area contributed by atoms with Gasteiger partial charge < -0.3 is 15.4 Å². The molecule has 0 aromatic carbocycles. The van der Waals surface area contributed by atoms with Gasteiger partial charge in [-0.25, -0.2) is 0 Å². The maximum absolute atomic E-state index is 12.4. The minimum Gasteiger partial charge on any atom is -0.377 e. The molecule has 23 heavy (non-hydrogen) atoms. The van der Waals surface area contributed by atoms with Crippen LogP contribution in [0.25, 0.3) is 0 Å². The van der Waals surface area contributed by atoms with E-state index in [1.165, 1.54) is 0 Å². The van der Waals surface area contributed by atoms with E-state index in [-0.39, 0.29) is 23.3 Å². The van der Waals surface area contributed by atoms with Gasteiger partial charge in [-0.15, -0.1) is 0 Å². The predicted octanol–water partition coefficient (Wildman–Crippen LogP) is 0.517. The zero-order valence-corrected chi connectivity index (χ0v) is 14.4. The Balaban J connectivity index is 1.54. The summed E-state index contributed by atoms with van der Waals surface area (Å²) in [6, 6.07) is -0.0147. The predicted molar refractivity (Wildman–Crippen MR) is 86.8 cm³/mol. The van der Waals surface area contributed by atoms with Crippen LogP contribution in [0.2, 0.25) is 0 Å². The average molecular weight is 323 g/mol. The first-order chi connectivity index (χ1) is 10.9. The fourth-order valence-electron chi connectivity index (χ4n) is 4.83. The number of rotatable bonds is 4. The second kappa shape index (κ2) is 6.40. The Morgan fingerprint density at radius 3 is 2.96 bits per heavy atom. The second-order valence-electron chi connectivity index (χ2n) is 7.83. The first kappa shape index (κ1) is 16.7. The average Bonchev–Trinajstić information content (AvgIpc) is 2.81. The highest BCUT2D eigenvalue weighted by Crippen LogP contribution is 2.54. The summed E-state index contributed by atoms with van der Waals surface area (Å²) in [4.78, 5) is 26.4. The Morgan fingerprint density at radius 1 is 1.39 bits per heavy atom. The van der Waals surface area contributed by atoms with E-state index in [1.54, 1.807) is 0 Å². The molecule has 1 aliphatic carbocycles. The molecule has 3 fully saturated rings. The first-order valence-electron chi connectivity index (χ1n) is 8.80. The van der Waals surface area contributed by atoms with Crippen molar-refractivity contribution in [1.29, 1.82) is 0 Å². The van der Waals surface area contributed by atoms with Crippen LogP contribution in [0.1, 0.15) is 39.5 Å². The van der Waals surface area contributed by atoms with E-state index < -0.39 is 0 Å². The maximum atomic E-state index is 12.4. The number of hydrogen-bond donors (Lipinski definition) is 2. The molecule has 1 saturated carbocycles. The SMILES string of the molecule is CN(CC(=O)N[C@@H]1CCCCNC1=O)[C@@H]1[C@H]2CCO[C@H]2C1(C)C. The third-order valence-electron chi connectivity index (χ3n) is 5.78. The molecule has 2 N–H and O–H groups in total. The standard InChI is InChI=1S/C17H29N3O3/c1-17(2)14(11-7-9-23-15(11)17)20(3)10-13(21)19-12-6-4-5-8-18-16(12)22/h11-12,14-15H,4-10H2,1-3H3,(H,18,22)(H,19,21)/t11-,12-,14-,15-/m1/s1. The molecule has 2 amide bonds. The fourth-order valence-corrected chi connectivity index (χ4v) is 4.83. The number of carbonyl (C=O) groups excluding carboxylic acids is 2. The van der Waals surface area contributed by atoms with Crippen molar-refractivity contribution >= 4 is 11.8 Å². The van der Waals surface area contributed by atoms with Crippen LogP contribution in [0.4, 0.5) is 0 Å². The summed E-state index contributed by atoms with van der Waals surface area (Å²) in [6.07, 6.45) is 4.09. The van der Waals surface area contributed by atoms with Crippen molar-refractivity contribution in [3.8, 4) is 0 Å². The molecule has 0 radical (unpaired) electrons. The summed E-state index contributed by atoms with van der Waals surface area (Å²) in [5, 5.41) is 5.76. The summed E-state index contributed by atoms with van der Waals surface area (Å²) in [5.41, 5.74) is 0.0793. The molecule has 0 aromatic rings. The van der Waals surface area contributed by atoms with Gasteiger partial charge in [0, 0.05) is 30.5 Å². The van der Waals surface area contributed by atoms with Gasteiger partial charge in [0.25, 0.3) is 0 Å². The molecule has 2 heterocycles. The number of fused-ring (bicyclic) bond motifs is 1. The van der Waals surface area contributed by atoms with Gasteiger partial charge in [-0.3, -0.25) is 14.5 Å². The number of nitrogens with zero attached hydrogens (tertiary/aromatic N) is 1. The van der Waals surface area contributed by atoms with E-state index in [4.69, 9.17) is 4.74 Å². The monoisotopic (exact) mass is 323 g/mol. The van der Waals surface area contributed by atoms with E-state index in [0.717, 1.165) is 32.3 Å². The van der Waals surface area contributed by atoms with E-state index in [2.05, 4.69) is 29.4 Å². The van der Waals surface area contributed by atoms with Crippen LogP contribution in [0.5, 0.6) is 0 Å². The van der Waals surface area contributed by atoms with Crippen LogP contribution in [0.3, 0.4) is 0 Å². The summed E-state index contributed by atoms with van der Waals surface area (Å²) in [5.74, 6) is 0.420. The quantitative estimate of drug-likeness (QED) is 0.791. The summed E-state index contributed by atoms with van der Waals surface area (Å²) >= 11 is 0. The van der Waals surface area contributed by atoms with Crippen LogP contribution in [0, 0.1) is 11.3 Å². The highest BCUT2D eigenvalue weighted by atomic mass is 16.5. The van der Waals surface area contributed by atoms with Gasteiger partial charge in [0.05, 0.1) is 12.6 Å². The molecule has 130 valence electrons. The molecule has 2 saturated heterocycles. The third kappa shape index (κ3) is 3.11. The van der Waals surface area contributed by atoms with Gasteiger partial charge in [0.1, 0.15) is 6.04 Å². The number of hydrogen-bond acceptors (Lipinski definition) is 4. The third-order valence-corrected chi connectivity index (χ3v) is 5.78. The molecular weight excluding hydrogens is 294 g/mol. The zero-order chi connectivity index (χ0) is 16.6. The lowest BCUT2D eigenvalue weighted by Gasteiger charge is -2.57. The molecule has 0 spiro atoms. The molecule has 4 atom stereocenters. The van der Waals surface area contributed by atoms with Crippen molar-refractivity contribution in [2.75, 3.05) is 26.7 Å². The number of amides is 2. The normalized spacial score (nSPS) is 35.9. The Labute approximate surface area is 138 Å². The van der Waals surface area contributed by atoms with E-state index >= 15 is 0 Å². The highest BCUT2D eigenvalue weighted by Gasteiger charge is 2.60. The van der Waals surface area contributed by atoms with Crippen molar-refractivity contribution in [3.05, 3.63) is 0 Å². The smallest absolute Gasteiger partial charge is 0.242 e. The van der Waals surface area contributed by atoms with Gasteiger partial charge in [-0.05, 0) is 32.7 Å². The van der Waals surface area contributed by atoms with Gasteiger partial charge >= 0.3 is 0 Å². The molecule has 3 rings (SSSR count).